The van der Waals surface area contributed by atoms with Gasteiger partial charge in [-0.25, -0.2) is 5.43 Å². The summed E-state index contributed by atoms with van der Waals surface area (Å²) in [5, 5.41) is 9.73. The van der Waals surface area contributed by atoms with E-state index in [1.165, 1.54) is 0 Å². The number of aromatic nitrogens is 3. The fraction of sp³-hybridized carbons (Fsp3) is 0.158. The van der Waals surface area contributed by atoms with E-state index in [0.717, 1.165) is 22.5 Å². The van der Waals surface area contributed by atoms with Crippen LogP contribution in [0.3, 0.4) is 0 Å². The molecular formula is C19H17Cl2N5O. The van der Waals surface area contributed by atoms with E-state index in [1.807, 2.05) is 18.5 Å². The number of benzene rings is 1. The predicted molar refractivity (Wildman–Crippen MR) is 107 cm³/mol. The van der Waals surface area contributed by atoms with Gasteiger partial charge < -0.3 is 0 Å². The van der Waals surface area contributed by atoms with Crippen LogP contribution in [0, 0.1) is 13.8 Å². The van der Waals surface area contributed by atoms with E-state index < -0.39 is 0 Å². The van der Waals surface area contributed by atoms with Crippen LogP contribution in [0.15, 0.2) is 47.7 Å². The van der Waals surface area contributed by atoms with Crippen LogP contribution in [0.4, 0.5) is 0 Å². The molecule has 0 aliphatic rings. The number of nitrogens with one attached hydrogen (secondary N) is 1. The zero-order valence-electron chi connectivity index (χ0n) is 14.8. The van der Waals surface area contributed by atoms with Crippen LogP contribution < -0.4 is 5.43 Å². The van der Waals surface area contributed by atoms with Gasteiger partial charge in [0, 0.05) is 33.1 Å². The first kappa shape index (κ1) is 19.1. The Morgan fingerprint density at radius 3 is 2.59 bits per heavy atom. The molecule has 1 amide bonds. The lowest BCUT2D eigenvalue weighted by atomic mass is 10.2. The van der Waals surface area contributed by atoms with E-state index in [-0.39, 0.29) is 5.91 Å². The summed E-state index contributed by atoms with van der Waals surface area (Å²) < 4.78 is 1.81. The van der Waals surface area contributed by atoms with Crippen molar-refractivity contribution in [3.8, 4) is 0 Å². The zero-order chi connectivity index (χ0) is 19.4. The highest BCUT2D eigenvalue weighted by molar-refractivity contribution is 6.35. The van der Waals surface area contributed by atoms with Crippen molar-refractivity contribution < 1.29 is 4.79 Å². The number of hydrazone groups is 1. The first-order valence-corrected chi connectivity index (χ1v) is 8.94. The standard InChI is InChI=1S/C19H17Cl2N5O/c1-12-14(10-23-24-19(27)18-8-3-4-9-22-18)13(2)26(25-12)11-15-16(20)6-5-7-17(15)21/h3-10H,11H2,1-2H3,(H,24,27)/b23-10-. The lowest BCUT2D eigenvalue weighted by Crippen LogP contribution is -2.18. The second-order valence-corrected chi connectivity index (χ2v) is 6.67. The third-order valence-electron chi connectivity index (χ3n) is 4.06. The Labute approximate surface area is 166 Å². The second kappa shape index (κ2) is 8.33. The maximum atomic E-state index is 12.0. The van der Waals surface area contributed by atoms with Crippen LogP contribution in [0.1, 0.15) is 33.0 Å². The molecule has 0 fully saturated rings. The van der Waals surface area contributed by atoms with E-state index in [2.05, 4.69) is 20.6 Å². The van der Waals surface area contributed by atoms with Crippen LogP contribution in [0.2, 0.25) is 10.0 Å². The molecule has 0 saturated heterocycles. The van der Waals surface area contributed by atoms with Crippen molar-refractivity contribution in [2.45, 2.75) is 20.4 Å². The average Bonchev–Trinajstić information content (AvgIpc) is 2.93. The fourth-order valence-electron chi connectivity index (χ4n) is 2.59. The number of carbonyl (C=O) groups excluding carboxylic acids is 1. The molecule has 3 aromatic rings. The van der Waals surface area contributed by atoms with Crippen molar-refractivity contribution >= 4 is 35.3 Å². The maximum Gasteiger partial charge on any atom is 0.289 e. The number of aryl methyl sites for hydroxylation is 1. The Morgan fingerprint density at radius 2 is 1.93 bits per heavy atom. The number of amides is 1. The zero-order valence-corrected chi connectivity index (χ0v) is 16.3. The molecule has 0 unspecified atom stereocenters. The highest BCUT2D eigenvalue weighted by atomic mass is 35.5. The van der Waals surface area contributed by atoms with Gasteiger partial charge in [0.05, 0.1) is 18.5 Å². The van der Waals surface area contributed by atoms with Gasteiger partial charge in [-0.2, -0.15) is 10.2 Å². The Kier molecular flexibility index (Phi) is 5.88. The molecule has 0 atom stereocenters. The number of carbonyl (C=O) groups is 1. The number of halogens is 2. The minimum atomic E-state index is -0.377. The first-order valence-electron chi connectivity index (χ1n) is 8.18. The molecule has 2 aromatic heterocycles. The molecule has 0 saturated carbocycles. The smallest absolute Gasteiger partial charge is 0.266 e. The number of hydrogen-bond acceptors (Lipinski definition) is 4. The first-order chi connectivity index (χ1) is 13.0. The lowest BCUT2D eigenvalue weighted by Gasteiger charge is -2.08. The van der Waals surface area contributed by atoms with E-state index in [1.54, 1.807) is 48.8 Å². The van der Waals surface area contributed by atoms with E-state index in [9.17, 15) is 4.79 Å². The van der Waals surface area contributed by atoms with E-state index in [4.69, 9.17) is 23.2 Å². The minimum absolute atomic E-state index is 0.298. The Hall–Kier alpha value is -2.70. The Bertz CT molecular complexity index is 979. The number of pyridine rings is 1. The average molecular weight is 402 g/mol. The maximum absolute atomic E-state index is 12.0. The quantitative estimate of drug-likeness (QED) is 0.518. The molecule has 8 heteroatoms. The largest absolute Gasteiger partial charge is 0.289 e. The molecule has 2 heterocycles. The molecule has 27 heavy (non-hydrogen) atoms. The monoisotopic (exact) mass is 401 g/mol. The van der Waals surface area contributed by atoms with Crippen LogP contribution >= 0.6 is 23.2 Å². The summed E-state index contributed by atoms with van der Waals surface area (Å²) in [5.74, 6) is -0.377. The third-order valence-corrected chi connectivity index (χ3v) is 4.77. The summed E-state index contributed by atoms with van der Waals surface area (Å²) in [6.45, 7) is 4.24. The van der Waals surface area contributed by atoms with Crippen LogP contribution in [-0.4, -0.2) is 26.9 Å². The number of nitrogens with zero attached hydrogens (tertiary/aromatic N) is 4. The molecule has 0 radical (unpaired) electrons. The van der Waals surface area contributed by atoms with Crippen LogP contribution in [0.5, 0.6) is 0 Å². The normalized spacial score (nSPS) is 11.1. The van der Waals surface area contributed by atoms with Gasteiger partial charge >= 0.3 is 0 Å². The summed E-state index contributed by atoms with van der Waals surface area (Å²) in [4.78, 5) is 16.0. The molecule has 1 aromatic carbocycles. The molecule has 138 valence electrons. The van der Waals surface area contributed by atoms with Gasteiger partial charge in [-0.3, -0.25) is 14.5 Å². The molecule has 0 bridgehead atoms. The van der Waals surface area contributed by atoms with Crippen molar-refractivity contribution in [3.63, 3.8) is 0 Å². The van der Waals surface area contributed by atoms with Gasteiger partial charge in [-0.1, -0.05) is 35.3 Å². The summed E-state index contributed by atoms with van der Waals surface area (Å²) in [6.07, 6.45) is 3.13. The van der Waals surface area contributed by atoms with Crippen LogP contribution in [0.25, 0.3) is 0 Å². The highest BCUT2D eigenvalue weighted by Gasteiger charge is 2.13. The van der Waals surface area contributed by atoms with Gasteiger partial charge in [0.1, 0.15) is 5.69 Å². The third kappa shape index (κ3) is 4.35. The van der Waals surface area contributed by atoms with Crippen molar-refractivity contribution in [1.82, 2.24) is 20.2 Å². The molecule has 3 rings (SSSR count). The van der Waals surface area contributed by atoms with Gasteiger partial charge in [0.25, 0.3) is 5.91 Å². The topological polar surface area (TPSA) is 72.2 Å². The van der Waals surface area contributed by atoms with Gasteiger partial charge in [-0.05, 0) is 38.1 Å². The van der Waals surface area contributed by atoms with Crippen molar-refractivity contribution in [2.75, 3.05) is 0 Å². The second-order valence-electron chi connectivity index (χ2n) is 5.86. The minimum Gasteiger partial charge on any atom is -0.266 e. The Balaban J connectivity index is 1.77. The molecule has 0 spiro atoms. The summed E-state index contributed by atoms with van der Waals surface area (Å²) in [6, 6.07) is 10.5. The predicted octanol–water partition coefficient (Wildman–Crippen LogP) is 4.01. The van der Waals surface area contributed by atoms with Crippen molar-refractivity contribution in [3.05, 3.63) is 80.8 Å². The summed E-state index contributed by atoms with van der Waals surface area (Å²) in [5.41, 5.74) is 6.06. The van der Waals surface area contributed by atoms with Crippen molar-refractivity contribution in [2.24, 2.45) is 5.10 Å². The van der Waals surface area contributed by atoms with Gasteiger partial charge in [0.2, 0.25) is 0 Å². The van der Waals surface area contributed by atoms with Crippen molar-refractivity contribution in [1.29, 1.82) is 0 Å². The Morgan fingerprint density at radius 1 is 1.19 bits per heavy atom. The van der Waals surface area contributed by atoms with Crippen LogP contribution in [-0.2, 0) is 6.54 Å². The number of hydrogen-bond donors (Lipinski definition) is 1. The van der Waals surface area contributed by atoms with E-state index in [0.29, 0.717) is 22.3 Å². The molecule has 0 aliphatic carbocycles. The summed E-state index contributed by atoms with van der Waals surface area (Å²) >= 11 is 12.5. The summed E-state index contributed by atoms with van der Waals surface area (Å²) in [7, 11) is 0. The molecule has 1 N–H and O–H groups in total. The SMILES string of the molecule is Cc1nn(Cc2c(Cl)cccc2Cl)c(C)c1/C=N\NC(=O)c1ccccn1. The molecule has 0 aliphatic heterocycles. The van der Waals surface area contributed by atoms with Gasteiger partial charge in [0.15, 0.2) is 0 Å². The fourth-order valence-corrected chi connectivity index (χ4v) is 3.11. The van der Waals surface area contributed by atoms with Gasteiger partial charge in [-0.15, -0.1) is 0 Å². The highest BCUT2D eigenvalue weighted by Crippen LogP contribution is 2.26. The number of rotatable bonds is 5. The molecule has 6 nitrogen and oxygen atoms in total. The lowest BCUT2D eigenvalue weighted by molar-refractivity contribution is 0.0950. The van der Waals surface area contributed by atoms with E-state index >= 15 is 0 Å². The molecular weight excluding hydrogens is 385 g/mol.